The topological polar surface area (TPSA) is 83.8 Å². The van der Waals surface area contributed by atoms with Crippen LogP contribution < -0.4 is 4.74 Å². The fraction of sp³-hybridized carbons (Fsp3) is 0.412. The van der Waals surface area contributed by atoms with E-state index in [-0.39, 0.29) is 18.2 Å². The van der Waals surface area contributed by atoms with Crippen LogP contribution in [0.5, 0.6) is 5.75 Å². The molecule has 5 nitrogen and oxygen atoms in total. The molecule has 222 valence electrons. The molecule has 39 heavy (non-hydrogen) atoms. The van der Waals surface area contributed by atoms with Gasteiger partial charge in [0.25, 0.3) is 0 Å². The van der Waals surface area contributed by atoms with Crippen LogP contribution in [0, 0.1) is 0 Å². The van der Waals surface area contributed by atoms with Crippen LogP contribution in [-0.2, 0) is 0 Å². The van der Waals surface area contributed by atoms with E-state index < -0.39 is 82.4 Å². The number of carbonyl (C=O) groups is 2. The zero-order valence-corrected chi connectivity index (χ0v) is 17.3. The molecule has 0 saturated heterocycles. The van der Waals surface area contributed by atoms with Gasteiger partial charge in [0.05, 0.1) is 11.1 Å². The molecule has 0 aliphatic carbocycles. The Hall–Kier alpha value is -3.49. The van der Waals surface area contributed by atoms with Crippen LogP contribution in [-0.4, -0.2) is 63.9 Å². The van der Waals surface area contributed by atoms with Gasteiger partial charge in [-0.2, -0.15) is 74.6 Å². The minimum absolute atomic E-state index is 0.0273. The van der Waals surface area contributed by atoms with E-state index in [1.165, 1.54) is 0 Å². The predicted molar refractivity (Wildman–Crippen MR) is 86.0 cm³/mol. The van der Waals surface area contributed by atoms with Crippen molar-refractivity contribution >= 4 is 11.9 Å². The average Bonchev–Trinajstić information content (AvgIpc) is 2.76. The molecule has 22 heteroatoms. The standard InChI is InChI=1S/C17H5F17O5/c18-7(8(19)39-6-2-4(9(35)36)1-5(3-6)10(37)38)11(20,21)12(22,23)13(24,25)14(26,27)15(28,29)16(30,31)17(32,33)34/h1-3H,(H,35,36)(H,37,38). The third-order valence-corrected chi connectivity index (χ3v) is 4.38. The summed E-state index contributed by atoms with van der Waals surface area (Å²) in [5.74, 6) is -61.1. The highest BCUT2D eigenvalue weighted by Crippen LogP contribution is 2.63. The summed E-state index contributed by atoms with van der Waals surface area (Å²) in [5, 5.41) is 17.5. The first-order valence-electron chi connectivity index (χ1n) is 8.71. The number of aromatic carboxylic acids is 2. The number of ether oxygens (including phenoxy) is 1. The van der Waals surface area contributed by atoms with Gasteiger partial charge in [-0.05, 0) is 18.2 Å². The smallest absolute Gasteiger partial charge is 0.460 e. The third-order valence-electron chi connectivity index (χ3n) is 4.38. The average molecular weight is 612 g/mol. The number of hydrogen-bond acceptors (Lipinski definition) is 3. The Morgan fingerprint density at radius 1 is 0.564 bits per heavy atom. The van der Waals surface area contributed by atoms with Gasteiger partial charge < -0.3 is 14.9 Å². The third kappa shape index (κ3) is 5.11. The lowest BCUT2D eigenvalue weighted by molar-refractivity contribution is -0.451. The maximum atomic E-state index is 13.8. The summed E-state index contributed by atoms with van der Waals surface area (Å²) in [6, 6.07) is -3.65. The number of allylic oxidation sites excluding steroid dienone is 1. The molecule has 0 unspecified atom stereocenters. The van der Waals surface area contributed by atoms with Crippen molar-refractivity contribution in [1.82, 2.24) is 0 Å². The van der Waals surface area contributed by atoms with E-state index in [9.17, 15) is 84.2 Å². The van der Waals surface area contributed by atoms with Gasteiger partial charge in [0, 0.05) is 0 Å². The number of halogens is 17. The summed E-state index contributed by atoms with van der Waals surface area (Å²) in [7, 11) is 0. The van der Waals surface area contributed by atoms with Gasteiger partial charge in [-0.25, -0.2) is 9.59 Å². The number of carboxylic acids is 2. The van der Waals surface area contributed by atoms with Gasteiger partial charge in [0.15, 0.2) is 0 Å². The summed E-state index contributed by atoms with van der Waals surface area (Å²) in [4.78, 5) is 21.7. The first kappa shape index (κ1) is 33.5. The lowest BCUT2D eigenvalue weighted by atomic mass is 9.91. The van der Waals surface area contributed by atoms with Crippen molar-refractivity contribution in [2.75, 3.05) is 0 Å². The number of hydrogen-bond donors (Lipinski definition) is 2. The Balaban J connectivity index is 3.68. The molecule has 0 aromatic heterocycles. The van der Waals surface area contributed by atoms with Crippen molar-refractivity contribution in [1.29, 1.82) is 0 Å². The zero-order valence-electron chi connectivity index (χ0n) is 17.3. The molecule has 0 atom stereocenters. The van der Waals surface area contributed by atoms with Gasteiger partial charge in [-0.1, -0.05) is 0 Å². The second-order valence-electron chi connectivity index (χ2n) is 6.99. The minimum Gasteiger partial charge on any atom is -0.478 e. The molecule has 0 heterocycles. The molecule has 0 fully saturated rings. The molecule has 0 amide bonds. The normalized spacial score (nSPS) is 15.1. The minimum atomic E-state index is -8.75. The van der Waals surface area contributed by atoms with E-state index in [0.717, 1.165) is 0 Å². The molecule has 0 aliphatic heterocycles. The van der Waals surface area contributed by atoms with Crippen LogP contribution in [0.15, 0.2) is 30.0 Å². The molecule has 0 saturated carbocycles. The van der Waals surface area contributed by atoms with E-state index in [1.54, 1.807) is 0 Å². The zero-order chi connectivity index (χ0) is 31.4. The maximum absolute atomic E-state index is 13.8. The largest absolute Gasteiger partial charge is 0.478 e. The van der Waals surface area contributed by atoms with E-state index >= 15 is 0 Å². The molecular formula is C17H5F17O5. The van der Waals surface area contributed by atoms with Crippen LogP contribution in [0.25, 0.3) is 0 Å². The fourth-order valence-corrected chi connectivity index (χ4v) is 2.28. The van der Waals surface area contributed by atoms with E-state index in [1.807, 2.05) is 0 Å². The Morgan fingerprint density at radius 2 is 0.897 bits per heavy atom. The van der Waals surface area contributed by atoms with Crippen molar-refractivity contribution in [3.05, 3.63) is 41.2 Å². The van der Waals surface area contributed by atoms with Crippen molar-refractivity contribution in [2.45, 2.75) is 41.7 Å². The second kappa shape index (κ2) is 9.61. The van der Waals surface area contributed by atoms with Crippen LogP contribution in [0.3, 0.4) is 0 Å². The highest BCUT2D eigenvalue weighted by Gasteiger charge is 2.93. The highest BCUT2D eigenvalue weighted by atomic mass is 19.4. The molecule has 0 spiro atoms. The Bertz CT molecular complexity index is 1140. The molecule has 1 rings (SSSR count). The van der Waals surface area contributed by atoms with E-state index in [4.69, 9.17) is 10.2 Å². The SMILES string of the molecule is O=C(O)c1cc(OC(F)=C(F)C(F)(F)C(F)(F)C(F)(F)C(F)(F)C(F)(F)C(F)(F)C(F)(F)F)cc(C(=O)O)c1. The van der Waals surface area contributed by atoms with Gasteiger partial charge in [-0.15, -0.1) is 0 Å². The molecule has 1 aromatic carbocycles. The Kier molecular flexibility index (Phi) is 8.26. The number of rotatable bonds is 10. The quantitative estimate of drug-likeness (QED) is 0.221. The Labute approximate surface area is 201 Å². The molecule has 0 bridgehead atoms. The van der Waals surface area contributed by atoms with Gasteiger partial charge in [0.2, 0.25) is 5.83 Å². The first-order chi connectivity index (χ1) is 17.0. The number of carboxylic acid groups (broad SMARTS) is 2. The van der Waals surface area contributed by atoms with Gasteiger partial charge >= 0.3 is 59.7 Å². The fourth-order valence-electron chi connectivity index (χ4n) is 2.28. The van der Waals surface area contributed by atoms with Crippen molar-refractivity contribution in [2.24, 2.45) is 0 Å². The van der Waals surface area contributed by atoms with Crippen molar-refractivity contribution in [3.8, 4) is 5.75 Å². The molecule has 1 aromatic rings. The van der Waals surface area contributed by atoms with Crippen molar-refractivity contribution in [3.63, 3.8) is 0 Å². The summed E-state index contributed by atoms with van der Waals surface area (Å²) in [5.41, 5.74) is -2.43. The molecule has 0 radical (unpaired) electrons. The molecular weight excluding hydrogens is 607 g/mol. The first-order valence-corrected chi connectivity index (χ1v) is 8.71. The summed E-state index contributed by atoms with van der Waals surface area (Å²) >= 11 is 0. The van der Waals surface area contributed by atoms with E-state index in [2.05, 4.69) is 4.74 Å². The summed E-state index contributed by atoms with van der Waals surface area (Å²) < 4.78 is 228. The summed E-state index contributed by atoms with van der Waals surface area (Å²) in [6.45, 7) is 0. The number of alkyl halides is 15. The van der Waals surface area contributed by atoms with Gasteiger partial charge in [0.1, 0.15) is 5.75 Å². The second-order valence-corrected chi connectivity index (χ2v) is 6.99. The lowest BCUT2D eigenvalue weighted by Crippen LogP contribution is -2.72. The highest BCUT2D eigenvalue weighted by molar-refractivity contribution is 5.94. The van der Waals surface area contributed by atoms with E-state index in [0.29, 0.717) is 0 Å². The monoisotopic (exact) mass is 612 g/mol. The number of benzene rings is 1. The maximum Gasteiger partial charge on any atom is 0.460 e. The summed E-state index contributed by atoms with van der Waals surface area (Å²) in [6.07, 6.45) is -7.86. The van der Waals surface area contributed by atoms with Crippen LogP contribution in [0.4, 0.5) is 74.6 Å². The Morgan fingerprint density at radius 3 is 1.23 bits per heavy atom. The van der Waals surface area contributed by atoms with Crippen LogP contribution >= 0.6 is 0 Å². The van der Waals surface area contributed by atoms with Crippen LogP contribution in [0.2, 0.25) is 0 Å². The molecule has 2 N–H and O–H groups in total. The predicted octanol–water partition coefficient (Wildman–Crippen LogP) is 6.94. The lowest BCUT2D eigenvalue weighted by Gasteiger charge is -2.41. The van der Waals surface area contributed by atoms with Crippen LogP contribution in [0.1, 0.15) is 20.7 Å². The van der Waals surface area contributed by atoms with Crippen molar-refractivity contribution < 1.29 is 99.2 Å². The van der Waals surface area contributed by atoms with Gasteiger partial charge in [-0.3, -0.25) is 0 Å². The molecule has 0 aliphatic rings.